The van der Waals surface area contributed by atoms with E-state index in [1.807, 2.05) is 0 Å². The number of esters is 1. The molecule has 5 nitrogen and oxygen atoms in total. The van der Waals surface area contributed by atoms with Gasteiger partial charge >= 0.3 is 5.97 Å². The van der Waals surface area contributed by atoms with E-state index < -0.39 is 5.97 Å². The van der Waals surface area contributed by atoms with E-state index >= 15 is 0 Å². The van der Waals surface area contributed by atoms with Gasteiger partial charge in [-0.2, -0.15) is 0 Å². The fraction of sp³-hybridized carbons (Fsp3) is 0.118. The van der Waals surface area contributed by atoms with Gasteiger partial charge in [0.2, 0.25) is 0 Å². The van der Waals surface area contributed by atoms with Gasteiger partial charge in [0.15, 0.2) is 11.5 Å². The summed E-state index contributed by atoms with van der Waals surface area (Å²) in [4.78, 5) is 24.0. The van der Waals surface area contributed by atoms with Crippen molar-refractivity contribution in [1.82, 2.24) is 0 Å². The minimum Gasteiger partial charge on any atom is -0.505 e. The number of thiocarbonyl (C=S) groups is 1. The first kappa shape index (κ1) is 17.8. The van der Waals surface area contributed by atoms with E-state index in [2.05, 4.69) is 5.32 Å². The highest BCUT2D eigenvalue weighted by Crippen LogP contribution is 2.14. The molecule has 0 aliphatic rings. The maximum Gasteiger partial charge on any atom is 0.338 e. The monoisotopic (exact) mass is 361 g/mol. The number of aliphatic hydroxyl groups excluding tert-OH is 1. The molecule has 0 aliphatic heterocycles. The Morgan fingerprint density at radius 2 is 2.00 bits per heavy atom. The lowest BCUT2D eigenvalue weighted by atomic mass is 10.2. The summed E-state index contributed by atoms with van der Waals surface area (Å²) in [5.41, 5.74) is 0.998. The number of allylic oxidation sites excluding steroid dienone is 1. The van der Waals surface area contributed by atoms with Crippen LogP contribution in [0.15, 0.2) is 53.6 Å². The van der Waals surface area contributed by atoms with E-state index in [-0.39, 0.29) is 16.5 Å². The molecule has 124 valence electrons. The number of nitrogens with one attached hydrogen (secondary N) is 1. The standard InChI is InChI=1S/C17H15NO4S2/c1-2-22-17(21)11-5-7-12(8-6-11)18-16(23)14(20)10-13(19)15-4-3-9-24-15/h3-10,20H,2H2,1H3,(H,18,23)/b14-10-. The number of carbonyl (C=O) groups excluding carboxylic acids is 2. The molecule has 0 fully saturated rings. The van der Waals surface area contributed by atoms with Crippen LogP contribution in [0, 0.1) is 0 Å². The topological polar surface area (TPSA) is 75.6 Å². The lowest BCUT2D eigenvalue weighted by Crippen LogP contribution is -2.13. The second-order valence-electron chi connectivity index (χ2n) is 4.62. The maximum atomic E-state index is 11.9. The average Bonchev–Trinajstić information content (AvgIpc) is 3.10. The number of thiophene rings is 1. The molecule has 0 unspecified atom stereocenters. The van der Waals surface area contributed by atoms with Crippen molar-refractivity contribution in [3.63, 3.8) is 0 Å². The third-order valence-corrected chi connectivity index (χ3v) is 4.11. The minimum atomic E-state index is -0.407. The van der Waals surface area contributed by atoms with Crippen molar-refractivity contribution in [2.75, 3.05) is 11.9 Å². The van der Waals surface area contributed by atoms with Crippen LogP contribution in [0.4, 0.5) is 5.69 Å². The third kappa shape index (κ3) is 4.74. The van der Waals surface area contributed by atoms with Crippen molar-refractivity contribution >= 4 is 46.0 Å². The molecule has 2 rings (SSSR count). The zero-order chi connectivity index (χ0) is 17.5. The van der Waals surface area contributed by atoms with Gasteiger partial charge in [-0.15, -0.1) is 11.3 Å². The zero-order valence-corrected chi connectivity index (χ0v) is 14.4. The molecule has 1 aromatic heterocycles. The van der Waals surface area contributed by atoms with Gasteiger partial charge in [-0.3, -0.25) is 4.79 Å². The van der Waals surface area contributed by atoms with Crippen LogP contribution in [-0.4, -0.2) is 28.5 Å². The lowest BCUT2D eigenvalue weighted by Gasteiger charge is -2.08. The molecule has 7 heteroatoms. The molecule has 0 atom stereocenters. The van der Waals surface area contributed by atoms with Crippen molar-refractivity contribution in [2.45, 2.75) is 6.92 Å². The number of benzene rings is 1. The summed E-state index contributed by atoms with van der Waals surface area (Å²) in [6.45, 7) is 2.04. The first-order valence-electron chi connectivity index (χ1n) is 7.08. The summed E-state index contributed by atoms with van der Waals surface area (Å²) >= 11 is 6.35. The Morgan fingerprint density at radius 3 is 2.58 bits per heavy atom. The molecule has 0 bridgehead atoms. The molecule has 2 N–H and O–H groups in total. The van der Waals surface area contributed by atoms with Crippen LogP contribution >= 0.6 is 23.6 Å². The number of ketones is 1. The maximum absolute atomic E-state index is 11.9. The first-order valence-corrected chi connectivity index (χ1v) is 8.37. The van der Waals surface area contributed by atoms with Crippen molar-refractivity contribution in [1.29, 1.82) is 0 Å². The molecular formula is C17H15NO4S2. The second kappa shape index (κ2) is 8.37. The predicted molar refractivity (Wildman–Crippen MR) is 98.0 cm³/mol. The summed E-state index contributed by atoms with van der Waals surface area (Å²) in [5, 5.41) is 14.5. The van der Waals surface area contributed by atoms with Crippen LogP contribution in [0.1, 0.15) is 27.0 Å². The van der Waals surface area contributed by atoms with Crippen molar-refractivity contribution in [3.8, 4) is 0 Å². The molecule has 0 saturated carbocycles. The van der Waals surface area contributed by atoms with E-state index in [0.29, 0.717) is 22.7 Å². The first-order chi connectivity index (χ1) is 11.5. The van der Waals surface area contributed by atoms with Gasteiger partial charge < -0.3 is 15.2 Å². The molecule has 24 heavy (non-hydrogen) atoms. The summed E-state index contributed by atoms with van der Waals surface area (Å²) in [6, 6.07) is 9.85. The number of hydrogen-bond donors (Lipinski definition) is 2. The normalized spacial score (nSPS) is 11.0. The molecule has 1 heterocycles. The van der Waals surface area contributed by atoms with E-state index in [4.69, 9.17) is 17.0 Å². The van der Waals surface area contributed by atoms with Crippen molar-refractivity contribution in [3.05, 3.63) is 64.1 Å². The van der Waals surface area contributed by atoms with Gasteiger partial charge in [0.25, 0.3) is 0 Å². The summed E-state index contributed by atoms with van der Waals surface area (Å²) in [5.74, 6) is -1.04. The summed E-state index contributed by atoms with van der Waals surface area (Å²) < 4.78 is 4.90. The fourth-order valence-electron chi connectivity index (χ4n) is 1.78. The van der Waals surface area contributed by atoms with Gasteiger partial charge in [-0.1, -0.05) is 18.3 Å². The Kier molecular flexibility index (Phi) is 6.22. The molecule has 0 aliphatic carbocycles. The smallest absolute Gasteiger partial charge is 0.338 e. The highest BCUT2D eigenvalue weighted by molar-refractivity contribution is 7.81. The average molecular weight is 361 g/mol. The number of aliphatic hydroxyl groups is 1. The quantitative estimate of drug-likeness (QED) is 0.266. The zero-order valence-electron chi connectivity index (χ0n) is 12.8. The summed E-state index contributed by atoms with van der Waals surface area (Å²) in [7, 11) is 0. The van der Waals surface area contributed by atoms with E-state index in [9.17, 15) is 14.7 Å². The largest absolute Gasteiger partial charge is 0.505 e. The lowest BCUT2D eigenvalue weighted by molar-refractivity contribution is 0.0526. The number of anilines is 1. The Balaban J connectivity index is 2.01. The van der Waals surface area contributed by atoms with Gasteiger partial charge in [0.05, 0.1) is 17.0 Å². The van der Waals surface area contributed by atoms with E-state index in [1.165, 1.54) is 11.3 Å². The second-order valence-corrected chi connectivity index (χ2v) is 5.98. The van der Waals surface area contributed by atoms with Crippen molar-refractivity contribution in [2.24, 2.45) is 0 Å². The number of carbonyl (C=O) groups is 2. The number of rotatable bonds is 6. The molecule has 0 amide bonds. The Bertz CT molecular complexity index is 764. The molecule has 0 spiro atoms. The highest BCUT2D eigenvalue weighted by atomic mass is 32.1. The molecule has 1 aromatic carbocycles. The Morgan fingerprint density at radius 1 is 1.29 bits per heavy atom. The fourth-order valence-corrected chi connectivity index (χ4v) is 2.59. The van der Waals surface area contributed by atoms with Crippen LogP contribution in [0.2, 0.25) is 0 Å². The van der Waals surface area contributed by atoms with Gasteiger partial charge in [-0.25, -0.2) is 4.79 Å². The van der Waals surface area contributed by atoms with Gasteiger partial charge in [-0.05, 0) is 42.6 Å². The highest BCUT2D eigenvalue weighted by Gasteiger charge is 2.10. The molecule has 0 saturated heterocycles. The number of hydrogen-bond acceptors (Lipinski definition) is 6. The Labute approximate surface area is 148 Å². The summed E-state index contributed by atoms with van der Waals surface area (Å²) in [6.07, 6.45) is 1.08. The van der Waals surface area contributed by atoms with Crippen LogP contribution in [-0.2, 0) is 4.74 Å². The van der Waals surface area contributed by atoms with E-state index in [1.54, 1.807) is 48.7 Å². The molecular weight excluding hydrogens is 346 g/mol. The third-order valence-electron chi connectivity index (χ3n) is 2.92. The number of ether oxygens (including phenoxy) is 1. The van der Waals surface area contributed by atoms with Crippen molar-refractivity contribution < 1.29 is 19.4 Å². The Hall–Kier alpha value is -2.51. The minimum absolute atomic E-state index is 0.0174. The van der Waals surface area contributed by atoms with E-state index in [0.717, 1.165) is 6.08 Å². The SMILES string of the molecule is CCOC(=O)c1ccc(NC(=S)/C(O)=C/C(=O)c2cccs2)cc1. The van der Waals surface area contributed by atoms with Gasteiger partial charge in [0, 0.05) is 11.8 Å². The molecule has 0 radical (unpaired) electrons. The van der Waals surface area contributed by atoms with Crippen LogP contribution in [0.5, 0.6) is 0 Å². The van der Waals surface area contributed by atoms with Crippen LogP contribution in [0.25, 0.3) is 0 Å². The predicted octanol–water partition coefficient (Wildman–Crippen LogP) is 3.99. The van der Waals surface area contributed by atoms with Gasteiger partial charge in [0.1, 0.15) is 4.99 Å². The van der Waals surface area contributed by atoms with Crippen LogP contribution in [0.3, 0.4) is 0 Å². The molecule has 2 aromatic rings. The van der Waals surface area contributed by atoms with Crippen LogP contribution < -0.4 is 5.32 Å².